The number of rotatable bonds is 5. The number of hydrogen-bond acceptors (Lipinski definition) is 3. The van der Waals surface area contributed by atoms with Crippen molar-refractivity contribution < 1.29 is 4.39 Å². The van der Waals surface area contributed by atoms with Gasteiger partial charge in [0.05, 0.1) is 0 Å². The highest BCUT2D eigenvalue weighted by atomic mass is 35.5. The van der Waals surface area contributed by atoms with Crippen molar-refractivity contribution in [3.63, 3.8) is 0 Å². The molecule has 1 aromatic heterocycles. The van der Waals surface area contributed by atoms with E-state index in [-0.39, 0.29) is 5.82 Å². The van der Waals surface area contributed by atoms with E-state index in [4.69, 9.17) is 11.6 Å². The summed E-state index contributed by atoms with van der Waals surface area (Å²) < 4.78 is 14.7. The molecule has 0 aliphatic rings. The fraction of sp³-hybridized carbons (Fsp3) is 0.333. The third-order valence-electron chi connectivity index (χ3n) is 2.66. The molecule has 18 heavy (non-hydrogen) atoms. The van der Waals surface area contributed by atoms with Crippen LogP contribution in [-0.4, -0.2) is 21.3 Å². The molecule has 0 amide bonds. The summed E-state index contributed by atoms with van der Waals surface area (Å²) in [6, 6.07) is 4.42. The van der Waals surface area contributed by atoms with Gasteiger partial charge in [-0.2, -0.15) is 0 Å². The molecule has 0 atom stereocenters. The van der Waals surface area contributed by atoms with Crippen LogP contribution in [0.4, 0.5) is 4.39 Å². The van der Waals surface area contributed by atoms with Gasteiger partial charge >= 0.3 is 0 Å². The molecule has 0 aliphatic carbocycles. The normalized spacial score (nSPS) is 10.8. The fourth-order valence-electron chi connectivity index (χ4n) is 1.62. The quantitative estimate of drug-likeness (QED) is 0.843. The van der Waals surface area contributed by atoms with Crippen molar-refractivity contribution in [2.24, 2.45) is 7.05 Å². The summed E-state index contributed by atoms with van der Waals surface area (Å²) in [4.78, 5) is 0. The molecule has 1 N–H and O–H groups in total. The van der Waals surface area contributed by atoms with Gasteiger partial charge in [0.2, 0.25) is 0 Å². The molecule has 6 heteroatoms. The van der Waals surface area contributed by atoms with Gasteiger partial charge in [0.25, 0.3) is 0 Å². The van der Waals surface area contributed by atoms with Crippen LogP contribution in [0.1, 0.15) is 11.4 Å². The summed E-state index contributed by atoms with van der Waals surface area (Å²) in [6.45, 7) is 1.37. The van der Waals surface area contributed by atoms with E-state index in [1.165, 1.54) is 12.1 Å². The Kier molecular flexibility index (Phi) is 4.28. The summed E-state index contributed by atoms with van der Waals surface area (Å²) in [5.74, 6) is 0.607. The molecule has 1 aromatic carbocycles. The number of aromatic nitrogens is 3. The molecule has 2 aromatic rings. The molecular weight excluding hydrogens is 255 g/mol. The number of nitrogens with one attached hydrogen (secondary N) is 1. The molecule has 0 unspecified atom stereocenters. The smallest absolute Gasteiger partial charge is 0.133 e. The van der Waals surface area contributed by atoms with Gasteiger partial charge in [0.15, 0.2) is 0 Å². The van der Waals surface area contributed by atoms with Crippen LogP contribution in [-0.2, 0) is 20.0 Å². The lowest BCUT2D eigenvalue weighted by molar-refractivity contribution is 0.623. The number of halogens is 2. The van der Waals surface area contributed by atoms with Gasteiger partial charge in [-0.1, -0.05) is 17.7 Å². The lowest BCUT2D eigenvalue weighted by Crippen LogP contribution is -2.18. The Balaban J connectivity index is 1.80. The topological polar surface area (TPSA) is 42.7 Å². The molecule has 0 saturated carbocycles. The first-order valence-electron chi connectivity index (χ1n) is 5.64. The maximum Gasteiger partial charge on any atom is 0.133 e. The van der Waals surface area contributed by atoms with E-state index < -0.39 is 0 Å². The first-order chi connectivity index (χ1) is 8.66. The Morgan fingerprint density at radius 3 is 2.94 bits per heavy atom. The van der Waals surface area contributed by atoms with Gasteiger partial charge in [-0.25, -0.2) is 4.39 Å². The van der Waals surface area contributed by atoms with E-state index in [0.717, 1.165) is 24.4 Å². The molecule has 2 rings (SSSR count). The van der Waals surface area contributed by atoms with Gasteiger partial charge in [-0.05, 0) is 17.7 Å². The highest BCUT2D eigenvalue weighted by molar-refractivity contribution is 6.31. The molecule has 0 bridgehead atoms. The number of aryl methyl sites for hydroxylation is 1. The predicted molar refractivity (Wildman–Crippen MR) is 67.8 cm³/mol. The summed E-state index contributed by atoms with van der Waals surface area (Å²) in [5, 5.41) is 11.5. The lowest BCUT2D eigenvalue weighted by atomic mass is 10.2. The minimum absolute atomic E-state index is 0.317. The average molecular weight is 269 g/mol. The first kappa shape index (κ1) is 13.0. The highest BCUT2D eigenvalue weighted by Crippen LogP contribution is 2.16. The van der Waals surface area contributed by atoms with Crippen molar-refractivity contribution >= 4 is 11.6 Å². The SMILES string of the molecule is Cn1cnnc1CCNCc1ccc(F)cc1Cl. The van der Waals surface area contributed by atoms with E-state index in [2.05, 4.69) is 15.5 Å². The summed E-state index contributed by atoms with van der Waals surface area (Å²) in [6.07, 6.45) is 2.46. The number of nitrogens with zero attached hydrogens (tertiary/aromatic N) is 3. The molecule has 96 valence electrons. The van der Waals surface area contributed by atoms with E-state index in [9.17, 15) is 4.39 Å². The summed E-state index contributed by atoms with van der Waals surface area (Å²) in [7, 11) is 1.91. The molecule has 0 spiro atoms. The van der Waals surface area contributed by atoms with Gasteiger partial charge in [0.1, 0.15) is 18.0 Å². The molecule has 0 saturated heterocycles. The first-order valence-corrected chi connectivity index (χ1v) is 6.02. The molecule has 4 nitrogen and oxygen atoms in total. The van der Waals surface area contributed by atoms with Crippen molar-refractivity contribution in [3.05, 3.63) is 46.8 Å². The average Bonchev–Trinajstić information content (AvgIpc) is 2.73. The minimum Gasteiger partial charge on any atom is -0.321 e. The Bertz CT molecular complexity index is 527. The number of hydrogen-bond donors (Lipinski definition) is 1. The van der Waals surface area contributed by atoms with Crippen molar-refractivity contribution in [1.29, 1.82) is 0 Å². The van der Waals surface area contributed by atoms with Crippen molar-refractivity contribution in [2.45, 2.75) is 13.0 Å². The maximum absolute atomic E-state index is 12.8. The predicted octanol–water partition coefficient (Wildman–Crippen LogP) is 1.94. The van der Waals surface area contributed by atoms with Crippen molar-refractivity contribution in [2.75, 3.05) is 6.54 Å². The molecule has 0 fully saturated rings. The maximum atomic E-state index is 12.8. The van der Waals surface area contributed by atoms with Crippen LogP contribution in [0.25, 0.3) is 0 Å². The Hall–Kier alpha value is -1.46. The van der Waals surface area contributed by atoms with E-state index in [0.29, 0.717) is 11.6 Å². The second kappa shape index (κ2) is 5.93. The largest absolute Gasteiger partial charge is 0.321 e. The van der Waals surface area contributed by atoms with Gasteiger partial charge in [-0.15, -0.1) is 10.2 Å². The molecular formula is C12H14ClFN4. The molecule has 1 heterocycles. The standard InChI is InChI=1S/C12H14ClFN4/c1-18-8-16-17-12(18)4-5-15-7-9-2-3-10(14)6-11(9)13/h2-3,6,8,15H,4-5,7H2,1H3. The van der Waals surface area contributed by atoms with Crippen LogP contribution in [0.3, 0.4) is 0 Å². The van der Waals surface area contributed by atoms with Gasteiger partial charge < -0.3 is 9.88 Å². The van der Waals surface area contributed by atoms with E-state index >= 15 is 0 Å². The van der Waals surface area contributed by atoms with Crippen LogP contribution in [0.2, 0.25) is 5.02 Å². The van der Waals surface area contributed by atoms with Crippen LogP contribution >= 0.6 is 11.6 Å². The van der Waals surface area contributed by atoms with Crippen LogP contribution in [0.5, 0.6) is 0 Å². The van der Waals surface area contributed by atoms with Crippen LogP contribution in [0, 0.1) is 5.82 Å². The van der Waals surface area contributed by atoms with Crippen molar-refractivity contribution in [3.8, 4) is 0 Å². The second-order valence-corrected chi connectivity index (χ2v) is 4.43. The van der Waals surface area contributed by atoms with E-state index in [1.807, 2.05) is 11.6 Å². The molecule has 0 aliphatic heterocycles. The fourth-order valence-corrected chi connectivity index (χ4v) is 1.86. The summed E-state index contributed by atoms with van der Waals surface area (Å²) in [5.41, 5.74) is 0.885. The number of benzene rings is 1. The zero-order valence-electron chi connectivity index (χ0n) is 10.0. The van der Waals surface area contributed by atoms with Crippen LogP contribution in [0.15, 0.2) is 24.5 Å². The Labute approximate surface area is 110 Å². The lowest BCUT2D eigenvalue weighted by Gasteiger charge is -2.06. The third-order valence-corrected chi connectivity index (χ3v) is 3.01. The monoisotopic (exact) mass is 268 g/mol. The van der Waals surface area contributed by atoms with Crippen molar-refractivity contribution in [1.82, 2.24) is 20.1 Å². The third kappa shape index (κ3) is 3.27. The highest BCUT2D eigenvalue weighted by Gasteiger charge is 2.03. The van der Waals surface area contributed by atoms with Crippen LogP contribution < -0.4 is 5.32 Å². The van der Waals surface area contributed by atoms with Gasteiger partial charge in [-0.3, -0.25) is 0 Å². The Morgan fingerprint density at radius 1 is 1.44 bits per heavy atom. The Morgan fingerprint density at radius 2 is 2.28 bits per heavy atom. The second-order valence-electron chi connectivity index (χ2n) is 4.02. The van der Waals surface area contributed by atoms with Gasteiger partial charge in [0, 0.05) is 31.6 Å². The minimum atomic E-state index is -0.317. The molecule has 0 radical (unpaired) electrons. The zero-order valence-corrected chi connectivity index (χ0v) is 10.8. The summed E-state index contributed by atoms with van der Waals surface area (Å²) >= 11 is 5.93. The van der Waals surface area contributed by atoms with E-state index in [1.54, 1.807) is 12.4 Å². The zero-order chi connectivity index (χ0) is 13.0.